The molecule has 0 aliphatic carbocycles. The van der Waals surface area contributed by atoms with Crippen molar-refractivity contribution in [2.45, 2.75) is 12.5 Å². The lowest BCUT2D eigenvalue weighted by Crippen LogP contribution is -2.45. The number of nitrogens with one attached hydrogen (secondary N) is 1. The molecule has 0 saturated heterocycles. The monoisotopic (exact) mass is 208 g/mol. The summed E-state index contributed by atoms with van der Waals surface area (Å²) in [6, 6.07) is 8.19. The van der Waals surface area contributed by atoms with Gasteiger partial charge in [-0.3, -0.25) is 4.79 Å². The molecule has 0 bridgehead atoms. The quantitative estimate of drug-likeness (QED) is 0.666. The maximum absolute atomic E-state index is 10.9. The summed E-state index contributed by atoms with van der Waals surface area (Å²) in [5, 5.41) is 10.6. The fraction of sp³-hybridized carbons (Fsp3) is 0.200. The number of hydrogen-bond donors (Lipinski definition) is 3. The van der Waals surface area contributed by atoms with E-state index < -0.39 is 18.0 Å². The third kappa shape index (κ3) is 3.68. The molecule has 0 aliphatic heterocycles. The molecular weight excluding hydrogens is 196 g/mol. The van der Waals surface area contributed by atoms with E-state index in [1.807, 2.05) is 18.2 Å². The van der Waals surface area contributed by atoms with Gasteiger partial charge >= 0.3 is 6.09 Å². The number of benzene rings is 1. The van der Waals surface area contributed by atoms with Crippen molar-refractivity contribution in [3.05, 3.63) is 35.9 Å². The summed E-state index contributed by atoms with van der Waals surface area (Å²) in [7, 11) is 0. The first kappa shape index (κ1) is 11.0. The minimum absolute atomic E-state index is 0.266. The lowest BCUT2D eigenvalue weighted by molar-refractivity contribution is -0.119. The molecule has 2 amide bonds. The van der Waals surface area contributed by atoms with E-state index in [1.165, 1.54) is 0 Å². The van der Waals surface area contributed by atoms with Gasteiger partial charge in [-0.05, 0) is 5.56 Å². The third-order valence-corrected chi connectivity index (χ3v) is 1.92. The van der Waals surface area contributed by atoms with Gasteiger partial charge in [0.15, 0.2) is 0 Å². The van der Waals surface area contributed by atoms with E-state index in [2.05, 4.69) is 5.32 Å². The van der Waals surface area contributed by atoms with Gasteiger partial charge in [-0.15, -0.1) is 0 Å². The molecule has 0 spiro atoms. The van der Waals surface area contributed by atoms with Crippen LogP contribution in [0.5, 0.6) is 0 Å². The van der Waals surface area contributed by atoms with E-state index in [4.69, 9.17) is 10.8 Å². The number of nitrogens with two attached hydrogens (primary N) is 1. The Morgan fingerprint density at radius 2 is 1.93 bits per heavy atom. The molecule has 1 unspecified atom stereocenters. The number of carbonyl (C=O) groups excluding carboxylic acids is 1. The van der Waals surface area contributed by atoms with Crippen LogP contribution >= 0.6 is 0 Å². The average molecular weight is 208 g/mol. The molecule has 1 aromatic rings. The Hall–Kier alpha value is -2.04. The Morgan fingerprint density at radius 3 is 2.40 bits per heavy atom. The predicted octanol–water partition coefficient (Wildman–Crippen LogP) is 0.351. The summed E-state index contributed by atoms with van der Waals surface area (Å²) < 4.78 is 0. The zero-order chi connectivity index (χ0) is 11.3. The molecule has 1 aromatic carbocycles. The van der Waals surface area contributed by atoms with Gasteiger partial charge in [0.1, 0.15) is 6.04 Å². The van der Waals surface area contributed by atoms with Gasteiger partial charge in [0.2, 0.25) is 5.91 Å². The van der Waals surface area contributed by atoms with Crippen LogP contribution in [0.3, 0.4) is 0 Å². The second kappa shape index (κ2) is 4.99. The number of rotatable bonds is 4. The number of hydrogen-bond acceptors (Lipinski definition) is 2. The van der Waals surface area contributed by atoms with Gasteiger partial charge in [0.05, 0.1) is 0 Å². The third-order valence-electron chi connectivity index (χ3n) is 1.92. The smallest absolute Gasteiger partial charge is 0.405 e. The lowest BCUT2D eigenvalue weighted by Gasteiger charge is -2.12. The Bertz CT molecular complexity index is 351. The van der Waals surface area contributed by atoms with Crippen molar-refractivity contribution in [3.8, 4) is 0 Å². The van der Waals surface area contributed by atoms with E-state index >= 15 is 0 Å². The molecular formula is C10H12N2O3. The molecule has 0 radical (unpaired) electrons. The summed E-state index contributed by atoms with van der Waals surface area (Å²) in [6.45, 7) is 0. The number of amides is 2. The molecule has 4 N–H and O–H groups in total. The molecule has 1 rings (SSSR count). The maximum atomic E-state index is 10.9. The lowest BCUT2D eigenvalue weighted by atomic mass is 10.1. The molecule has 0 heterocycles. The molecule has 1 atom stereocenters. The largest absolute Gasteiger partial charge is 0.465 e. The Balaban J connectivity index is 2.67. The minimum atomic E-state index is -1.25. The van der Waals surface area contributed by atoms with Crippen LogP contribution in [-0.2, 0) is 11.2 Å². The van der Waals surface area contributed by atoms with E-state index in [0.717, 1.165) is 5.56 Å². The highest BCUT2D eigenvalue weighted by Crippen LogP contribution is 2.02. The summed E-state index contributed by atoms with van der Waals surface area (Å²) in [6.07, 6.45) is -0.989. The molecule has 0 aliphatic rings. The van der Waals surface area contributed by atoms with Crippen LogP contribution < -0.4 is 11.1 Å². The van der Waals surface area contributed by atoms with Crippen molar-refractivity contribution in [2.75, 3.05) is 0 Å². The van der Waals surface area contributed by atoms with Gasteiger partial charge in [-0.1, -0.05) is 30.3 Å². The van der Waals surface area contributed by atoms with Crippen LogP contribution in [0.25, 0.3) is 0 Å². The summed E-state index contributed by atoms with van der Waals surface area (Å²) in [4.78, 5) is 21.3. The van der Waals surface area contributed by atoms with E-state index in [-0.39, 0.29) is 6.42 Å². The predicted molar refractivity (Wildman–Crippen MR) is 54.3 cm³/mol. The number of primary amides is 1. The minimum Gasteiger partial charge on any atom is -0.465 e. The molecule has 0 fully saturated rings. The topological polar surface area (TPSA) is 92.4 Å². The van der Waals surface area contributed by atoms with Crippen LogP contribution in [0.1, 0.15) is 5.56 Å². The van der Waals surface area contributed by atoms with Crippen LogP contribution in [0.2, 0.25) is 0 Å². The van der Waals surface area contributed by atoms with Crippen molar-refractivity contribution in [1.29, 1.82) is 0 Å². The fourth-order valence-corrected chi connectivity index (χ4v) is 1.22. The van der Waals surface area contributed by atoms with Crippen LogP contribution in [0.4, 0.5) is 4.79 Å². The summed E-state index contributed by atoms with van der Waals surface area (Å²) >= 11 is 0. The van der Waals surface area contributed by atoms with Gasteiger partial charge in [0.25, 0.3) is 0 Å². The summed E-state index contributed by atoms with van der Waals surface area (Å²) in [5.74, 6) is -0.679. The normalized spacial score (nSPS) is 11.7. The first-order valence-electron chi connectivity index (χ1n) is 4.42. The van der Waals surface area contributed by atoms with Gasteiger partial charge in [-0.25, -0.2) is 4.79 Å². The Morgan fingerprint density at radius 1 is 1.33 bits per heavy atom. The van der Waals surface area contributed by atoms with Crippen molar-refractivity contribution < 1.29 is 14.7 Å². The molecule has 0 aromatic heterocycles. The number of carbonyl (C=O) groups is 2. The van der Waals surface area contributed by atoms with Crippen molar-refractivity contribution in [1.82, 2.24) is 5.32 Å². The zero-order valence-corrected chi connectivity index (χ0v) is 8.01. The van der Waals surface area contributed by atoms with Gasteiger partial charge in [-0.2, -0.15) is 0 Å². The molecule has 5 nitrogen and oxygen atoms in total. The highest BCUT2D eigenvalue weighted by atomic mass is 16.4. The average Bonchev–Trinajstić information content (AvgIpc) is 2.17. The Labute approximate surface area is 86.9 Å². The Kier molecular flexibility index (Phi) is 3.68. The van der Waals surface area contributed by atoms with Crippen molar-refractivity contribution in [2.24, 2.45) is 5.73 Å². The maximum Gasteiger partial charge on any atom is 0.405 e. The van der Waals surface area contributed by atoms with Crippen molar-refractivity contribution >= 4 is 12.0 Å². The molecule has 15 heavy (non-hydrogen) atoms. The van der Waals surface area contributed by atoms with E-state index in [1.54, 1.807) is 12.1 Å². The van der Waals surface area contributed by atoms with Crippen molar-refractivity contribution in [3.63, 3.8) is 0 Å². The van der Waals surface area contributed by atoms with Gasteiger partial charge in [0, 0.05) is 6.42 Å². The zero-order valence-electron chi connectivity index (χ0n) is 8.01. The fourth-order valence-electron chi connectivity index (χ4n) is 1.22. The van der Waals surface area contributed by atoms with E-state index in [9.17, 15) is 9.59 Å². The molecule has 80 valence electrons. The van der Waals surface area contributed by atoms with Crippen LogP contribution in [0.15, 0.2) is 30.3 Å². The molecule has 5 heteroatoms. The summed E-state index contributed by atoms with van der Waals surface area (Å²) in [5.41, 5.74) is 5.92. The van der Waals surface area contributed by atoms with Crippen LogP contribution in [0, 0.1) is 0 Å². The first-order valence-corrected chi connectivity index (χ1v) is 4.42. The second-order valence-corrected chi connectivity index (χ2v) is 3.09. The number of carboxylic acid groups (broad SMARTS) is 1. The first-order chi connectivity index (χ1) is 7.09. The standard InChI is InChI=1S/C10H12N2O3/c11-9(13)8(12-10(14)15)6-7-4-2-1-3-5-7/h1-5,8,12H,6H2,(H2,11,13)(H,14,15). The van der Waals surface area contributed by atoms with Gasteiger partial charge < -0.3 is 16.2 Å². The van der Waals surface area contributed by atoms with E-state index in [0.29, 0.717) is 0 Å². The SMILES string of the molecule is NC(=O)C(Cc1ccccc1)NC(=O)O. The highest BCUT2D eigenvalue weighted by molar-refractivity contribution is 5.84. The molecule has 0 saturated carbocycles. The highest BCUT2D eigenvalue weighted by Gasteiger charge is 2.17. The van der Waals surface area contributed by atoms with Crippen LogP contribution in [-0.4, -0.2) is 23.1 Å². The second-order valence-electron chi connectivity index (χ2n) is 3.09.